The van der Waals surface area contributed by atoms with Crippen molar-refractivity contribution in [3.05, 3.63) is 69.6 Å². The van der Waals surface area contributed by atoms with E-state index in [1.807, 2.05) is 56.3 Å². The summed E-state index contributed by atoms with van der Waals surface area (Å²) in [5.74, 6) is 0.830. The van der Waals surface area contributed by atoms with Gasteiger partial charge in [-0.3, -0.25) is 0 Å². The summed E-state index contributed by atoms with van der Waals surface area (Å²) in [6.45, 7) is 6.97. The smallest absolute Gasteiger partial charge is 0.368 e. The van der Waals surface area contributed by atoms with Crippen molar-refractivity contribution in [3.63, 3.8) is 0 Å². The number of hydrogen-bond acceptors (Lipinski definition) is 6. The van der Waals surface area contributed by atoms with Gasteiger partial charge in [0.15, 0.2) is 0 Å². The summed E-state index contributed by atoms with van der Waals surface area (Å²) in [5.41, 5.74) is 3.80. The fraction of sp³-hybridized carbons (Fsp3) is 0.417. The number of tetrazole rings is 1. The molecular weight excluding hydrogens is 406 g/mol. The highest BCUT2D eigenvalue weighted by molar-refractivity contribution is 5.98. The van der Waals surface area contributed by atoms with Crippen LogP contribution in [-0.4, -0.2) is 32.1 Å². The molecule has 0 spiro atoms. The Morgan fingerprint density at radius 3 is 2.66 bits per heavy atom. The van der Waals surface area contributed by atoms with Gasteiger partial charge in [-0.05, 0) is 54.5 Å². The van der Waals surface area contributed by atoms with E-state index in [9.17, 15) is 4.79 Å². The first kappa shape index (κ1) is 23.2. The van der Waals surface area contributed by atoms with Crippen LogP contribution in [0.5, 0.6) is 5.75 Å². The van der Waals surface area contributed by atoms with Gasteiger partial charge in [-0.2, -0.15) is 9.36 Å². The first-order valence-electron chi connectivity index (χ1n) is 11.0. The minimum atomic E-state index is -0.317. The Morgan fingerprint density at radius 2 is 1.91 bits per heavy atom. The maximum Gasteiger partial charge on any atom is 0.368 e. The standard InChI is InChI=1S/C24H31N5O3/c1-5-6-7-8-15-31-21-13-10-12-20(16-21)19(3)25-32-17-22-18(2)11-9-14-23(22)29-24(30)28(4)26-27-29/h9-14,16H,5-8,15,17H2,1-4H3. The first-order chi connectivity index (χ1) is 15.5. The Morgan fingerprint density at radius 1 is 1.09 bits per heavy atom. The van der Waals surface area contributed by atoms with Crippen molar-refractivity contribution in [3.8, 4) is 11.4 Å². The van der Waals surface area contributed by atoms with Crippen LogP contribution in [0.4, 0.5) is 0 Å². The van der Waals surface area contributed by atoms with Crippen LogP contribution in [0.2, 0.25) is 0 Å². The topological polar surface area (TPSA) is 83.5 Å². The van der Waals surface area contributed by atoms with Gasteiger partial charge in [0.1, 0.15) is 12.4 Å². The Balaban J connectivity index is 1.67. The van der Waals surface area contributed by atoms with Gasteiger partial charge in [0.2, 0.25) is 0 Å². The molecule has 0 aliphatic rings. The largest absolute Gasteiger partial charge is 0.494 e. The predicted octanol–water partition coefficient (Wildman–Crippen LogP) is 4.17. The van der Waals surface area contributed by atoms with Gasteiger partial charge in [0, 0.05) is 18.2 Å². The van der Waals surface area contributed by atoms with E-state index in [1.165, 1.54) is 28.6 Å². The highest BCUT2D eigenvalue weighted by atomic mass is 16.6. The predicted molar refractivity (Wildman–Crippen MR) is 124 cm³/mol. The molecule has 1 heterocycles. The third-order valence-corrected chi connectivity index (χ3v) is 5.26. The van der Waals surface area contributed by atoms with Crippen LogP contribution >= 0.6 is 0 Å². The number of ether oxygens (including phenoxy) is 1. The van der Waals surface area contributed by atoms with Crippen molar-refractivity contribution >= 4 is 5.71 Å². The molecule has 8 heteroatoms. The number of oxime groups is 1. The minimum absolute atomic E-state index is 0.204. The number of aryl methyl sites for hydroxylation is 2. The lowest BCUT2D eigenvalue weighted by atomic mass is 10.1. The molecule has 32 heavy (non-hydrogen) atoms. The van der Waals surface area contributed by atoms with Gasteiger partial charge in [-0.25, -0.2) is 4.79 Å². The zero-order chi connectivity index (χ0) is 22.9. The molecule has 1 aromatic heterocycles. The molecule has 0 fully saturated rings. The molecule has 0 aliphatic carbocycles. The Labute approximate surface area is 188 Å². The van der Waals surface area contributed by atoms with Crippen LogP contribution in [0, 0.1) is 6.92 Å². The molecule has 0 N–H and O–H groups in total. The molecule has 3 rings (SSSR count). The van der Waals surface area contributed by atoms with Crippen LogP contribution in [0.25, 0.3) is 5.69 Å². The number of nitrogens with zero attached hydrogens (tertiary/aromatic N) is 5. The monoisotopic (exact) mass is 437 g/mol. The molecule has 0 bridgehead atoms. The minimum Gasteiger partial charge on any atom is -0.494 e. The molecule has 0 radical (unpaired) electrons. The molecular formula is C24H31N5O3. The molecule has 0 atom stereocenters. The Kier molecular flexibility index (Phi) is 8.19. The van der Waals surface area contributed by atoms with Crippen molar-refractivity contribution in [2.75, 3.05) is 6.61 Å². The zero-order valence-electron chi connectivity index (χ0n) is 19.2. The molecule has 0 unspecified atom stereocenters. The van der Waals surface area contributed by atoms with Crippen LogP contribution in [0.15, 0.2) is 52.4 Å². The summed E-state index contributed by atoms with van der Waals surface area (Å²) in [5, 5.41) is 12.0. The van der Waals surface area contributed by atoms with Gasteiger partial charge in [0.05, 0.1) is 18.0 Å². The lowest BCUT2D eigenvalue weighted by Gasteiger charge is -2.11. The SMILES string of the molecule is CCCCCCOc1cccc(C(C)=NOCc2c(C)cccc2-n2nnn(C)c2=O)c1. The van der Waals surface area contributed by atoms with Crippen molar-refractivity contribution in [1.29, 1.82) is 0 Å². The lowest BCUT2D eigenvalue weighted by molar-refractivity contribution is 0.130. The van der Waals surface area contributed by atoms with Gasteiger partial charge in [-0.1, -0.05) is 55.6 Å². The number of hydrogen-bond donors (Lipinski definition) is 0. The van der Waals surface area contributed by atoms with Gasteiger partial charge >= 0.3 is 5.69 Å². The molecule has 170 valence electrons. The molecule has 0 amide bonds. The number of benzene rings is 2. The average molecular weight is 438 g/mol. The van der Waals surface area contributed by atoms with Crippen molar-refractivity contribution in [2.45, 2.75) is 53.1 Å². The quantitative estimate of drug-likeness (QED) is 0.255. The number of aromatic nitrogens is 4. The van der Waals surface area contributed by atoms with E-state index in [1.54, 1.807) is 7.05 Å². The summed E-state index contributed by atoms with van der Waals surface area (Å²) in [6.07, 6.45) is 4.69. The summed E-state index contributed by atoms with van der Waals surface area (Å²) in [4.78, 5) is 17.9. The summed E-state index contributed by atoms with van der Waals surface area (Å²) < 4.78 is 8.32. The zero-order valence-corrected chi connectivity index (χ0v) is 19.2. The third-order valence-electron chi connectivity index (χ3n) is 5.26. The summed E-state index contributed by atoms with van der Waals surface area (Å²) in [7, 11) is 1.56. The van der Waals surface area contributed by atoms with Crippen molar-refractivity contribution < 1.29 is 9.57 Å². The van der Waals surface area contributed by atoms with E-state index in [0.717, 1.165) is 34.6 Å². The van der Waals surface area contributed by atoms with Crippen molar-refractivity contribution in [1.82, 2.24) is 19.8 Å². The lowest BCUT2D eigenvalue weighted by Crippen LogP contribution is -2.23. The molecule has 0 saturated heterocycles. The van der Waals surface area contributed by atoms with Gasteiger partial charge in [-0.15, -0.1) is 0 Å². The Bertz CT molecular complexity index is 1120. The second kappa shape index (κ2) is 11.3. The highest BCUT2D eigenvalue weighted by Crippen LogP contribution is 2.19. The number of rotatable bonds is 11. The fourth-order valence-electron chi connectivity index (χ4n) is 3.31. The van der Waals surface area contributed by atoms with Crippen LogP contribution in [-0.2, 0) is 18.5 Å². The van der Waals surface area contributed by atoms with E-state index < -0.39 is 0 Å². The average Bonchev–Trinajstić information content (AvgIpc) is 3.13. The van der Waals surface area contributed by atoms with E-state index in [-0.39, 0.29) is 12.3 Å². The normalized spacial score (nSPS) is 11.6. The van der Waals surface area contributed by atoms with Crippen LogP contribution < -0.4 is 10.4 Å². The second-order valence-electron chi connectivity index (χ2n) is 7.76. The highest BCUT2D eigenvalue weighted by Gasteiger charge is 2.13. The van der Waals surface area contributed by atoms with E-state index in [4.69, 9.17) is 9.57 Å². The van der Waals surface area contributed by atoms with E-state index in [0.29, 0.717) is 12.3 Å². The fourth-order valence-corrected chi connectivity index (χ4v) is 3.31. The van der Waals surface area contributed by atoms with Crippen LogP contribution in [0.1, 0.15) is 56.2 Å². The molecule has 2 aromatic carbocycles. The molecule has 3 aromatic rings. The van der Waals surface area contributed by atoms with Crippen molar-refractivity contribution in [2.24, 2.45) is 12.2 Å². The summed E-state index contributed by atoms with van der Waals surface area (Å²) in [6, 6.07) is 13.5. The molecule has 8 nitrogen and oxygen atoms in total. The second-order valence-corrected chi connectivity index (χ2v) is 7.76. The van der Waals surface area contributed by atoms with Crippen LogP contribution in [0.3, 0.4) is 0 Å². The van der Waals surface area contributed by atoms with E-state index >= 15 is 0 Å². The third kappa shape index (κ3) is 5.84. The molecule has 0 saturated carbocycles. The van der Waals surface area contributed by atoms with E-state index in [2.05, 4.69) is 22.5 Å². The Hall–Kier alpha value is -3.42. The number of unbranched alkanes of at least 4 members (excludes halogenated alkanes) is 3. The summed E-state index contributed by atoms with van der Waals surface area (Å²) >= 11 is 0. The van der Waals surface area contributed by atoms with Gasteiger partial charge in [0.25, 0.3) is 0 Å². The molecule has 0 aliphatic heterocycles. The maximum absolute atomic E-state index is 12.3. The van der Waals surface area contributed by atoms with Gasteiger partial charge < -0.3 is 9.57 Å². The maximum atomic E-state index is 12.3. The first-order valence-corrected chi connectivity index (χ1v) is 11.0.